The monoisotopic (exact) mass is 442 g/mol. The Morgan fingerprint density at radius 1 is 0.970 bits per heavy atom. The van der Waals surface area contributed by atoms with E-state index in [2.05, 4.69) is 25.6 Å². The Bertz CT molecular complexity index is 1420. The molecule has 0 unspecified atom stereocenters. The minimum Gasteiger partial charge on any atom is -0.491 e. The van der Waals surface area contributed by atoms with E-state index in [0.717, 1.165) is 39.2 Å². The predicted octanol–water partition coefficient (Wildman–Crippen LogP) is 4.54. The number of ether oxygens (including phenoxy) is 3. The number of methoxy groups -OCH3 is 1. The van der Waals surface area contributed by atoms with Crippen LogP contribution in [0.4, 0.5) is 11.5 Å². The first-order valence-electron chi connectivity index (χ1n) is 10.4. The highest BCUT2D eigenvalue weighted by atomic mass is 16.5. The first-order chi connectivity index (χ1) is 16.2. The van der Waals surface area contributed by atoms with Gasteiger partial charge in [-0.05, 0) is 61.0 Å². The van der Waals surface area contributed by atoms with Gasteiger partial charge in [0, 0.05) is 18.2 Å². The van der Waals surface area contributed by atoms with Gasteiger partial charge in [0.15, 0.2) is 0 Å². The van der Waals surface area contributed by atoms with E-state index in [1.165, 1.54) is 0 Å². The summed E-state index contributed by atoms with van der Waals surface area (Å²) in [5.74, 6) is 2.87. The van der Waals surface area contributed by atoms with Crippen LogP contribution in [-0.4, -0.2) is 45.1 Å². The molecule has 0 radical (unpaired) electrons. The minimum absolute atomic E-state index is 0.475. The molecule has 0 amide bonds. The van der Waals surface area contributed by atoms with Crippen molar-refractivity contribution in [3.8, 4) is 17.2 Å². The molecule has 3 aromatic heterocycles. The minimum atomic E-state index is 0.475. The highest BCUT2D eigenvalue weighted by Crippen LogP contribution is 2.31. The maximum Gasteiger partial charge on any atom is 0.145 e. The van der Waals surface area contributed by atoms with E-state index in [1.807, 2.05) is 55.5 Å². The number of hydrogen-bond acceptors (Lipinski definition) is 8. The molecule has 0 aliphatic rings. The van der Waals surface area contributed by atoms with Crippen molar-refractivity contribution in [1.82, 2.24) is 24.8 Å². The van der Waals surface area contributed by atoms with Gasteiger partial charge in [-0.1, -0.05) is 5.21 Å². The summed E-state index contributed by atoms with van der Waals surface area (Å²) in [6.07, 6.45) is 5.04. The topological polar surface area (TPSA) is 95.7 Å². The summed E-state index contributed by atoms with van der Waals surface area (Å²) in [5.41, 5.74) is 3.59. The summed E-state index contributed by atoms with van der Waals surface area (Å²) in [4.78, 5) is 8.79. The van der Waals surface area contributed by atoms with Crippen LogP contribution in [0.5, 0.6) is 17.2 Å². The van der Waals surface area contributed by atoms with Crippen molar-refractivity contribution in [2.45, 2.75) is 6.92 Å². The number of aryl methyl sites for hydroxylation is 1. The van der Waals surface area contributed by atoms with Crippen LogP contribution in [-0.2, 0) is 4.74 Å². The van der Waals surface area contributed by atoms with Crippen molar-refractivity contribution < 1.29 is 14.2 Å². The quantitative estimate of drug-likeness (QED) is 0.350. The van der Waals surface area contributed by atoms with Crippen molar-refractivity contribution >= 4 is 27.9 Å². The molecule has 0 saturated carbocycles. The van der Waals surface area contributed by atoms with Crippen molar-refractivity contribution in [1.29, 1.82) is 0 Å². The van der Waals surface area contributed by atoms with E-state index in [1.54, 1.807) is 30.3 Å². The van der Waals surface area contributed by atoms with E-state index in [-0.39, 0.29) is 0 Å². The molecule has 5 rings (SSSR count). The van der Waals surface area contributed by atoms with Gasteiger partial charge in [0.2, 0.25) is 0 Å². The molecule has 0 atom stereocenters. The third-order valence-corrected chi connectivity index (χ3v) is 5.10. The van der Waals surface area contributed by atoms with E-state index < -0.39 is 0 Å². The lowest BCUT2D eigenvalue weighted by molar-refractivity contribution is 0.146. The van der Waals surface area contributed by atoms with Gasteiger partial charge in [0.1, 0.15) is 36.0 Å². The average molecular weight is 442 g/mol. The van der Waals surface area contributed by atoms with Gasteiger partial charge >= 0.3 is 0 Å². The number of rotatable bonds is 8. The molecule has 1 N–H and O–H groups in total. The number of pyridine rings is 1. The number of aromatic nitrogens is 5. The molecule has 9 heteroatoms. The smallest absolute Gasteiger partial charge is 0.145 e. The van der Waals surface area contributed by atoms with Crippen LogP contribution in [0.15, 0.2) is 67.3 Å². The molecule has 2 aromatic carbocycles. The number of anilines is 2. The maximum absolute atomic E-state index is 6.06. The maximum atomic E-state index is 6.06. The van der Waals surface area contributed by atoms with Crippen molar-refractivity contribution in [2.75, 3.05) is 25.6 Å². The standard InChI is InChI=1S/C24H22N6O3/c1-16-11-17(3-8-23(16)33-20-5-4-18-13-27-29-30(18)14-20)28-24-21-12-19(32-10-9-31-2)6-7-22(21)25-15-26-24/h3-8,11-15H,9-10H2,1-2H3,(H,25,26,28). The summed E-state index contributed by atoms with van der Waals surface area (Å²) in [7, 11) is 1.65. The zero-order valence-electron chi connectivity index (χ0n) is 18.2. The third kappa shape index (κ3) is 4.53. The summed E-state index contributed by atoms with van der Waals surface area (Å²) in [6, 6.07) is 15.4. The number of benzene rings is 2. The SMILES string of the molecule is COCCOc1ccc2ncnc(Nc3ccc(Oc4ccc5cnnn5c4)c(C)c3)c2c1. The van der Waals surface area contributed by atoms with E-state index in [0.29, 0.717) is 24.8 Å². The van der Waals surface area contributed by atoms with Crippen LogP contribution >= 0.6 is 0 Å². The molecule has 0 aliphatic carbocycles. The molecule has 3 heterocycles. The van der Waals surface area contributed by atoms with Crippen LogP contribution in [0, 0.1) is 6.92 Å². The Balaban J connectivity index is 1.36. The zero-order valence-corrected chi connectivity index (χ0v) is 18.2. The summed E-state index contributed by atoms with van der Waals surface area (Å²) in [6.45, 7) is 2.99. The molecule has 5 aromatic rings. The Morgan fingerprint density at radius 2 is 1.88 bits per heavy atom. The molecule has 0 spiro atoms. The third-order valence-electron chi connectivity index (χ3n) is 5.10. The Hall–Kier alpha value is -4.24. The number of nitrogens with zero attached hydrogens (tertiary/aromatic N) is 5. The van der Waals surface area contributed by atoms with Gasteiger partial charge in [0.25, 0.3) is 0 Å². The van der Waals surface area contributed by atoms with Crippen LogP contribution < -0.4 is 14.8 Å². The molecule has 166 valence electrons. The first-order valence-corrected chi connectivity index (χ1v) is 10.4. The Labute approximate surface area is 190 Å². The van der Waals surface area contributed by atoms with Gasteiger partial charge in [0.05, 0.1) is 30.0 Å². The molecule has 9 nitrogen and oxygen atoms in total. The largest absolute Gasteiger partial charge is 0.491 e. The van der Waals surface area contributed by atoms with Gasteiger partial charge < -0.3 is 19.5 Å². The average Bonchev–Trinajstić information content (AvgIpc) is 3.29. The lowest BCUT2D eigenvalue weighted by Crippen LogP contribution is -2.04. The predicted molar refractivity (Wildman–Crippen MR) is 124 cm³/mol. The summed E-state index contributed by atoms with van der Waals surface area (Å²) in [5, 5.41) is 12.1. The first kappa shape index (κ1) is 20.7. The molecule has 0 fully saturated rings. The number of fused-ring (bicyclic) bond motifs is 2. The highest BCUT2D eigenvalue weighted by Gasteiger charge is 2.09. The highest BCUT2D eigenvalue weighted by molar-refractivity contribution is 5.91. The normalized spacial score (nSPS) is 11.1. The molecule has 0 bridgehead atoms. The van der Waals surface area contributed by atoms with Crippen molar-refractivity contribution in [3.63, 3.8) is 0 Å². The van der Waals surface area contributed by atoms with Crippen LogP contribution in [0.25, 0.3) is 16.4 Å². The molecule has 33 heavy (non-hydrogen) atoms. The molecule has 0 saturated heterocycles. The second kappa shape index (κ2) is 9.09. The fourth-order valence-corrected chi connectivity index (χ4v) is 3.44. The van der Waals surface area contributed by atoms with E-state index in [9.17, 15) is 0 Å². The molecular weight excluding hydrogens is 420 g/mol. The summed E-state index contributed by atoms with van der Waals surface area (Å²) < 4.78 is 18.5. The fourth-order valence-electron chi connectivity index (χ4n) is 3.44. The van der Waals surface area contributed by atoms with Crippen LogP contribution in [0.2, 0.25) is 0 Å². The second-order valence-electron chi connectivity index (χ2n) is 7.42. The van der Waals surface area contributed by atoms with Gasteiger partial charge in [-0.2, -0.15) is 0 Å². The second-order valence-corrected chi connectivity index (χ2v) is 7.42. The van der Waals surface area contributed by atoms with E-state index in [4.69, 9.17) is 14.2 Å². The van der Waals surface area contributed by atoms with Gasteiger partial charge in [-0.15, -0.1) is 5.10 Å². The lowest BCUT2D eigenvalue weighted by Gasteiger charge is -2.13. The number of nitrogens with one attached hydrogen (secondary N) is 1. The Kier molecular flexibility index (Phi) is 5.69. The number of hydrogen-bond donors (Lipinski definition) is 1. The van der Waals surface area contributed by atoms with Gasteiger partial charge in [-0.25, -0.2) is 14.5 Å². The van der Waals surface area contributed by atoms with Crippen molar-refractivity contribution in [2.24, 2.45) is 0 Å². The van der Waals surface area contributed by atoms with Crippen molar-refractivity contribution in [3.05, 3.63) is 72.8 Å². The van der Waals surface area contributed by atoms with Crippen LogP contribution in [0.3, 0.4) is 0 Å². The molecule has 0 aliphatic heterocycles. The van der Waals surface area contributed by atoms with Gasteiger partial charge in [-0.3, -0.25) is 0 Å². The summed E-state index contributed by atoms with van der Waals surface area (Å²) >= 11 is 0. The lowest BCUT2D eigenvalue weighted by atomic mass is 10.2. The Morgan fingerprint density at radius 3 is 2.76 bits per heavy atom. The van der Waals surface area contributed by atoms with E-state index >= 15 is 0 Å². The molecular formula is C24H22N6O3. The van der Waals surface area contributed by atoms with Crippen LogP contribution in [0.1, 0.15) is 5.56 Å². The zero-order chi connectivity index (χ0) is 22.6. The fraction of sp³-hybridized carbons (Fsp3) is 0.167.